The van der Waals surface area contributed by atoms with Crippen LogP contribution in [-0.4, -0.2) is 42.3 Å². The fourth-order valence-electron chi connectivity index (χ4n) is 2.11. The van der Waals surface area contributed by atoms with E-state index in [4.69, 9.17) is 4.74 Å². The number of aromatic amines is 1. The third kappa shape index (κ3) is 2.41. The highest BCUT2D eigenvalue weighted by atomic mass is 16.5. The van der Waals surface area contributed by atoms with Crippen LogP contribution in [0.25, 0.3) is 0 Å². The van der Waals surface area contributed by atoms with Crippen molar-refractivity contribution in [1.82, 2.24) is 15.3 Å². The van der Waals surface area contributed by atoms with Crippen molar-refractivity contribution in [2.75, 3.05) is 31.6 Å². The Bertz CT molecular complexity index is 455. The molecule has 2 N–H and O–H groups in total. The molecule has 2 rings (SSSR count). The third-order valence-electron chi connectivity index (χ3n) is 2.87. The zero-order valence-corrected chi connectivity index (χ0v) is 10.4. The Labute approximate surface area is 100 Å². The molecule has 0 bridgehead atoms. The van der Waals surface area contributed by atoms with E-state index in [0.717, 1.165) is 19.6 Å². The van der Waals surface area contributed by atoms with Gasteiger partial charge in [-0.1, -0.05) is 0 Å². The maximum Gasteiger partial charge on any atom is 0.295 e. The monoisotopic (exact) mass is 238 g/mol. The molecule has 0 atom stereocenters. The number of methoxy groups -OCH3 is 1. The summed E-state index contributed by atoms with van der Waals surface area (Å²) in [4.78, 5) is 20.4. The van der Waals surface area contributed by atoms with Crippen molar-refractivity contribution in [1.29, 1.82) is 0 Å². The van der Waals surface area contributed by atoms with Gasteiger partial charge in [-0.25, -0.2) is 4.98 Å². The minimum atomic E-state index is -0.242. The Hall–Kier alpha value is -1.56. The summed E-state index contributed by atoms with van der Waals surface area (Å²) in [6.07, 6.45) is 1.41. The summed E-state index contributed by atoms with van der Waals surface area (Å²) in [5.41, 5.74) is -0.234. The summed E-state index contributed by atoms with van der Waals surface area (Å²) in [5, 5.41) is 3.41. The van der Waals surface area contributed by atoms with E-state index >= 15 is 0 Å². The summed E-state index contributed by atoms with van der Waals surface area (Å²) >= 11 is 0. The van der Waals surface area contributed by atoms with Gasteiger partial charge in [0, 0.05) is 25.2 Å². The van der Waals surface area contributed by atoms with Crippen molar-refractivity contribution >= 4 is 5.82 Å². The Morgan fingerprint density at radius 2 is 2.29 bits per heavy atom. The summed E-state index contributed by atoms with van der Waals surface area (Å²) < 4.78 is 5.13. The average molecular weight is 238 g/mol. The van der Waals surface area contributed by atoms with Gasteiger partial charge in [0.25, 0.3) is 5.56 Å². The number of H-pyrrole nitrogens is 1. The number of nitrogens with one attached hydrogen (secondary N) is 2. The smallest absolute Gasteiger partial charge is 0.295 e. The number of aromatic nitrogens is 2. The molecule has 94 valence electrons. The van der Waals surface area contributed by atoms with Crippen LogP contribution in [-0.2, 0) is 0 Å². The van der Waals surface area contributed by atoms with Gasteiger partial charge in [0.05, 0.1) is 13.4 Å². The normalized spacial score (nSPS) is 19.1. The zero-order valence-electron chi connectivity index (χ0n) is 10.4. The maximum atomic E-state index is 11.6. The van der Waals surface area contributed by atoms with Crippen molar-refractivity contribution in [2.24, 2.45) is 0 Å². The molecule has 0 aromatic carbocycles. The van der Waals surface area contributed by atoms with Crippen LogP contribution in [0.4, 0.5) is 5.82 Å². The highest BCUT2D eigenvalue weighted by Gasteiger charge is 2.28. The van der Waals surface area contributed by atoms with Gasteiger partial charge in [0.15, 0.2) is 5.82 Å². The summed E-state index contributed by atoms with van der Waals surface area (Å²) in [6.45, 7) is 6.72. The number of rotatable bonds is 2. The Morgan fingerprint density at radius 3 is 2.94 bits per heavy atom. The van der Waals surface area contributed by atoms with E-state index < -0.39 is 0 Å². The SMILES string of the molecule is COc1c(N2CCNC(C)(C)C2)nc[nH]c1=O. The largest absolute Gasteiger partial charge is 0.489 e. The lowest BCUT2D eigenvalue weighted by Crippen LogP contribution is -2.57. The molecule has 1 fully saturated rings. The molecule has 2 heterocycles. The number of hydrogen-bond acceptors (Lipinski definition) is 5. The lowest BCUT2D eigenvalue weighted by Gasteiger charge is -2.39. The van der Waals surface area contributed by atoms with Crippen LogP contribution >= 0.6 is 0 Å². The second-order valence-electron chi connectivity index (χ2n) is 4.82. The second-order valence-corrected chi connectivity index (χ2v) is 4.82. The number of ether oxygens (including phenoxy) is 1. The van der Waals surface area contributed by atoms with Crippen molar-refractivity contribution in [3.05, 3.63) is 16.7 Å². The Morgan fingerprint density at radius 1 is 1.53 bits per heavy atom. The van der Waals surface area contributed by atoms with Crippen LogP contribution in [0, 0.1) is 0 Å². The van der Waals surface area contributed by atoms with Gasteiger partial charge in [-0.2, -0.15) is 0 Å². The lowest BCUT2D eigenvalue weighted by molar-refractivity contribution is 0.346. The first-order valence-corrected chi connectivity index (χ1v) is 5.65. The second kappa shape index (κ2) is 4.37. The molecule has 0 amide bonds. The van der Waals surface area contributed by atoms with E-state index in [1.807, 2.05) is 0 Å². The van der Waals surface area contributed by atoms with Crippen molar-refractivity contribution in [3.63, 3.8) is 0 Å². The molecule has 6 nitrogen and oxygen atoms in total. The summed E-state index contributed by atoms with van der Waals surface area (Å²) in [6, 6.07) is 0. The standard InChI is InChI=1S/C11H18N4O2/c1-11(2)6-15(5-4-14-11)9-8(17-3)10(16)13-7-12-9/h7,14H,4-6H2,1-3H3,(H,12,13,16). The third-order valence-corrected chi connectivity index (χ3v) is 2.87. The molecule has 0 saturated carbocycles. The summed E-state index contributed by atoms with van der Waals surface area (Å²) in [7, 11) is 1.49. The summed E-state index contributed by atoms with van der Waals surface area (Å²) in [5.74, 6) is 0.899. The van der Waals surface area contributed by atoms with Crippen molar-refractivity contribution in [3.8, 4) is 5.75 Å². The van der Waals surface area contributed by atoms with E-state index in [-0.39, 0.29) is 16.8 Å². The molecular weight excluding hydrogens is 220 g/mol. The lowest BCUT2D eigenvalue weighted by atomic mass is 10.0. The molecule has 0 radical (unpaired) electrons. The average Bonchev–Trinajstić information content (AvgIpc) is 2.27. The number of nitrogens with zero attached hydrogens (tertiary/aromatic N) is 2. The molecule has 0 spiro atoms. The molecule has 17 heavy (non-hydrogen) atoms. The van der Waals surface area contributed by atoms with E-state index in [9.17, 15) is 4.79 Å². The highest BCUT2D eigenvalue weighted by molar-refractivity contribution is 5.51. The molecular formula is C11H18N4O2. The van der Waals surface area contributed by atoms with Crippen LogP contribution in [0.5, 0.6) is 5.75 Å². The zero-order chi connectivity index (χ0) is 12.5. The first kappa shape index (κ1) is 11.9. The van der Waals surface area contributed by atoms with Gasteiger partial charge in [-0.05, 0) is 13.8 Å². The number of hydrogen-bond donors (Lipinski definition) is 2. The molecule has 0 aliphatic carbocycles. The molecule has 1 aromatic rings. The van der Waals surface area contributed by atoms with Gasteiger partial charge in [-0.15, -0.1) is 0 Å². The first-order chi connectivity index (χ1) is 8.03. The predicted octanol–water partition coefficient (Wildman–Crippen LogP) is -0.0333. The van der Waals surface area contributed by atoms with E-state index in [2.05, 4.69) is 34.0 Å². The minimum absolute atomic E-state index is 0.00748. The molecule has 1 aliphatic rings. The van der Waals surface area contributed by atoms with Gasteiger partial charge in [-0.3, -0.25) is 4.79 Å². The fraction of sp³-hybridized carbons (Fsp3) is 0.636. The number of anilines is 1. The first-order valence-electron chi connectivity index (χ1n) is 5.65. The van der Waals surface area contributed by atoms with Crippen LogP contribution in [0.15, 0.2) is 11.1 Å². The highest BCUT2D eigenvalue weighted by Crippen LogP contribution is 2.23. The molecule has 0 unspecified atom stereocenters. The molecule has 1 aliphatic heterocycles. The van der Waals surface area contributed by atoms with Gasteiger partial charge < -0.3 is 19.9 Å². The molecule has 6 heteroatoms. The van der Waals surface area contributed by atoms with Crippen molar-refractivity contribution < 1.29 is 4.74 Å². The van der Waals surface area contributed by atoms with E-state index in [0.29, 0.717) is 5.82 Å². The van der Waals surface area contributed by atoms with Gasteiger partial charge in [0.2, 0.25) is 5.75 Å². The van der Waals surface area contributed by atoms with E-state index in [1.165, 1.54) is 13.4 Å². The van der Waals surface area contributed by atoms with Crippen LogP contribution in [0.3, 0.4) is 0 Å². The van der Waals surface area contributed by atoms with Crippen LogP contribution < -0.4 is 20.5 Å². The maximum absolute atomic E-state index is 11.6. The number of piperazine rings is 1. The Kier molecular flexibility index (Phi) is 3.06. The Balaban J connectivity index is 2.34. The predicted molar refractivity (Wildman–Crippen MR) is 65.7 cm³/mol. The topological polar surface area (TPSA) is 70.2 Å². The van der Waals surface area contributed by atoms with Gasteiger partial charge >= 0.3 is 0 Å². The van der Waals surface area contributed by atoms with Crippen LogP contribution in [0.2, 0.25) is 0 Å². The van der Waals surface area contributed by atoms with Crippen LogP contribution in [0.1, 0.15) is 13.8 Å². The minimum Gasteiger partial charge on any atom is -0.489 e. The van der Waals surface area contributed by atoms with Gasteiger partial charge in [0.1, 0.15) is 0 Å². The molecule has 1 saturated heterocycles. The fourth-order valence-corrected chi connectivity index (χ4v) is 2.11. The molecule has 1 aromatic heterocycles. The van der Waals surface area contributed by atoms with Crippen molar-refractivity contribution in [2.45, 2.75) is 19.4 Å². The quantitative estimate of drug-likeness (QED) is 0.757. The van der Waals surface area contributed by atoms with E-state index in [1.54, 1.807) is 0 Å².